The predicted molar refractivity (Wildman–Crippen MR) is 77.5 cm³/mol. The van der Waals surface area contributed by atoms with Crippen LogP contribution >= 0.6 is 11.6 Å². The summed E-state index contributed by atoms with van der Waals surface area (Å²) in [5, 5.41) is 14.6. The summed E-state index contributed by atoms with van der Waals surface area (Å²) in [6.45, 7) is 4.31. The van der Waals surface area contributed by atoms with Gasteiger partial charge in [-0.3, -0.25) is 4.79 Å². The van der Waals surface area contributed by atoms with Gasteiger partial charge in [-0.25, -0.2) is 4.68 Å². The third-order valence-electron chi connectivity index (χ3n) is 3.56. The van der Waals surface area contributed by atoms with Gasteiger partial charge < -0.3 is 10.2 Å². The standard InChI is InChI=1S/C13H15ClN6O/c1-9-7-15-4-5-19(9)13(21)11-3-2-10(6-12(11)14)20-8-16-17-18-20/h2-3,6,8-9,15H,4-5,7H2,1H3/t9-/m1/s1. The summed E-state index contributed by atoms with van der Waals surface area (Å²) in [5.41, 5.74) is 1.22. The maximum atomic E-state index is 12.6. The Balaban J connectivity index is 1.87. The van der Waals surface area contributed by atoms with Crippen molar-refractivity contribution < 1.29 is 4.79 Å². The second-order valence-corrected chi connectivity index (χ2v) is 5.38. The number of carbonyl (C=O) groups excluding carboxylic acids is 1. The van der Waals surface area contributed by atoms with Crippen molar-refractivity contribution in [1.82, 2.24) is 30.4 Å². The molecule has 0 unspecified atom stereocenters. The Morgan fingerprint density at radius 3 is 3.00 bits per heavy atom. The topological polar surface area (TPSA) is 75.9 Å². The number of rotatable bonds is 2. The molecule has 3 rings (SSSR count). The van der Waals surface area contributed by atoms with Crippen molar-refractivity contribution in [1.29, 1.82) is 0 Å². The fourth-order valence-corrected chi connectivity index (χ4v) is 2.65. The van der Waals surface area contributed by atoms with Gasteiger partial charge in [0.25, 0.3) is 5.91 Å². The quantitative estimate of drug-likeness (QED) is 0.886. The molecule has 1 aliphatic rings. The van der Waals surface area contributed by atoms with Crippen LogP contribution in [-0.4, -0.2) is 56.7 Å². The molecule has 1 aromatic carbocycles. The highest BCUT2D eigenvalue weighted by atomic mass is 35.5. The Kier molecular flexibility index (Phi) is 3.85. The van der Waals surface area contributed by atoms with E-state index in [1.54, 1.807) is 18.2 Å². The minimum Gasteiger partial charge on any atom is -0.333 e. The fraction of sp³-hybridized carbons (Fsp3) is 0.385. The van der Waals surface area contributed by atoms with Crippen molar-refractivity contribution in [2.24, 2.45) is 0 Å². The third kappa shape index (κ3) is 2.74. The van der Waals surface area contributed by atoms with E-state index in [-0.39, 0.29) is 11.9 Å². The Morgan fingerprint density at radius 1 is 1.48 bits per heavy atom. The molecule has 2 aromatic rings. The molecule has 0 spiro atoms. The van der Waals surface area contributed by atoms with E-state index in [1.165, 1.54) is 11.0 Å². The Morgan fingerprint density at radius 2 is 2.33 bits per heavy atom. The van der Waals surface area contributed by atoms with Crippen LogP contribution in [0.15, 0.2) is 24.5 Å². The van der Waals surface area contributed by atoms with Gasteiger partial charge in [-0.15, -0.1) is 5.10 Å². The zero-order valence-corrected chi connectivity index (χ0v) is 12.3. The first kappa shape index (κ1) is 14.0. The Labute approximate surface area is 126 Å². The first-order chi connectivity index (χ1) is 10.2. The molecule has 0 aliphatic carbocycles. The molecular formula is C13H15ClN6O. The van der Waals surface area contributed by atoms with Crippen molar-refractivity contribution in [3.8, 4) is 5.69 Å². The molecular weight excluding hydrogens is 292 g/mol. The highest BCUT2D eigenvalue weighted by molar-refractivity contribution is 6.34. The molecule has 2 heterocycles. The van der Waals surface area contributed by atoms with Crippen LogP contribution in [0.3, 0.4) is 0 Å². The number of amides is 1. The Bertz CT molecular complexity index is 644. The van der Waals surface area contributed by atoms with Crippen LogP contribution in [0, 0.1) is 0 Å². The lowest BCUT2D eigenvalue weighted by Crippen LogP contribution is -2.52. The predicted octanol–water partition coefficient (Wildman–Crippen LogP) is 0.750. The zero-order valence-electron chi connectivity index (χ0n) is 11.5. The van der Waals surface area contributed by atoms with E-state index in [0.717, 1.165) is 18.8 Å². The summed E-state index contributed by atoms with van der Waals surface area (Å²) in [4.78, 5) is 14.4. The molecule has 1 aliphatic heterocycles. The number of nitrogens with one attached hydrogen (secondary N) is 1. The van der Waals surface area contributed by atoms with Gasteiger partial charge in [0.15, 0.2) is 0 Å². The zero-order chi connectivity index (χ0) is 14.8. The molecule has 1 N–H and O–H groups in total. The number of piperazine rings is 1. The SMILES string of the molecule is C[C@@H]1CNCCN1C(=O)c1ccc(-n2cnnn2)cc1Cl. The normalized spacial score (nSPS) is 18.8. The molecule has 1 atom stereocenters. The number of hydrogen-bond acceptors (Lipinski definition) is 5. The van der Waals surface area contributed by atoms with Gasteiger partial charge in [-0.2, -0.15) is 0 Å². The van der Waals surface area contributed by atoms with Crippen LogP contribution in [-0.2, 0) is 0 Å². The van der Waals surface area contributed by atoms with Crippen molar-refractivity contribution in [3.05, 3.63) is 35.1 Å². The van der Waals surface area contributed by atoms with Crippen LogP contribution in [0.25, 0.3) is 5.69 Å². The second kappa shape index (κ2) is 5.79. The van der Waals surface area contributed by atoms with Gasteiger partial charge in [-0.1, -0.05) is 11.6 Å². The molecule has 1 amide bonds. The maximum Gasteiger partial charge on any atom is 0.255 e. The third-order valence-corrected chi connectivity index (χ3v) is 3.87. The molecule has 110 valence electrons. The van der Waals surface area contributed by atoms with E-state index in [9.17, 15) is 4.79 Å². The number of aromatic nitrogens is 4. The first-order valence-corrected chi connectivity index (χ1v) is 7.09. The van der Waals surface area contributed by atoms with Crippen LogP contribution < -0.4 is 5.32 Å². The summed E-state index contributed by atoms with van der Waals surface area (Å²) < 4.78 is 1.49. The van der Waals surface area contributed by atoms with E-state index in [2.05, 4.69) is 20.8 Å². The lowest BCUT2D eigenvalue weighted by Gasteiger charge is -2.34. The molecule has 7 nitrogen and oxygen atoms in total. The van der Waals surface area contributed by atoms with E-state index in [4.69, 9.17) is 11.6 Å². The number of benzene rings is 1. The average Bonchev–Trinajstić information content (AvgIpc) is 3.01. The van der Waals surface area contributed by atoms with Crippen molar-refractivity contribution in [2.45, 2.75) is 13.0 Å². The van der Waals surface area contributed by atoms with Crippen molar-refractivity contribution >= 4 is 17.5 Å². The van der Waals surface area contributed by atoms with Gasteiger partial charge >= 0.3 is 0 Å². The van der Waals surface area contributed by atoms with Crippen molar-refractivity contribution in [3.63, 3.8) is 0 Å². The van der Waals surface area contributed by atoms with Gasteiger partial charge in [0.05, 0.1) is 16.3 Å². The number of halogens is 1. The molecule has 0 saturated carbocycles. The minimum absolute atomic E-state index is 0.0442. The van der Waals surface area contributed by atoms with Crippen LogP contribution in [0.4, 0.5) is 0 Å². The second-order valence-electron chi connectivity index (χ2n) is 4.97. The lowest BCUT2D eigenvalue weighted by molar-refractivity contribution is 0.0656. The maximum absolute atomic E-state index is 12.6. The number of tetrazole rings is 1. The molecule has 21 heavy (non-hydrogen) atoms. The van der Waals surface area contributed by atoms with Gasteiger partial charge in [0.2, 0.25) is 0 Å². The summed E-state index contributed by atoms with van der Waals surface area (Å²) in [5.74, 6) is -0.0442. The highest BCUT2D eigenvalue weighted by Gasteiger charge is 2.25. The van der Waals surface area contributed by atoms with Crippen molar-refractivity contribution in [2.75, 3.05) is 19.6 Å². The minimum atomic E-state index is -0.0442. The average molecular weight is 307 g/mol. The van der Waals surface area contributed by atoms with Crippen LogP contribution in [0.1, 0.15) is 17.3 Å². The van der Waals surface area contributed by atoms with E-state index < -0.39 is 0 Å². The van der Waals surface area contributed by atoms with Gasteiger partial charge in [-0.05, 0) is 35.5 Å². The molecule has 1 saturated heterocycles. The number of carbonyl (C=O) groups is 1. The monoisotopic (exact) mass is 306 g/mol. The number of nitrogens with zero attached hydrogens (tertiary/aromatic N) is 5. The molecule has 8 heteroatoms. The smallest absolute Gasteiger partial charge is 0.255 e. The summed E-state index contributed by atoms with van der Waals surface area (Å²) >= 11 is 6.26. The molecule has 0 radical (unpaired) electrons. The molecule has 1 fully saturated rings. The molecule has 0 bridgehead atoms. The van der Waals surface area contributed by atoms with E-state index in [0.29, 0.717) is 17.1 Å². The Hall–Kier alpha value is -1.99. The lowest BCUT2D eigenvalue weighted by atomic mass is 10.1. The summed E-state index contributed by atoms with van der Waals surface area (Å²) in [6, 6.07) is 5.35. The van der Waals surface area contributed by atoms with Gasteiger partial charge in [0.1, 0.15) is 6.33 Å². The fourth-order valence-electron chi connectivity index (χ4n) is 2.40. The van der Waals surface area contributed by atoms with E-state index in [1.807, 2.05) is 11.8 Å². The number of hydrogen-bond donors (Lipinski definition) is 1. The van der Waals surface area contributed by atoms with Crippen LogP contribution in [0.2, 0.25) is 5.02 Å². The van der Waals surface area contributed by atoms with E-state index >= 15 is 0 Å². The molecule has 1 aromatic heterocycles. The highest BCUT2D eigenvalue weighted by Crippen LogP contribution is 2.22. The van der Waals surface area contributed by atoms with Crippen LogP contribution in [0.5, 0.6) is 0 Å². The largest absolute Gasteiger partial charge is 0.333 e. The summed E-state index contributed by atoms with van der Waals surface area (Å²) in [6.07, 6.45) is 1.48. The van der Waals surface area contributed by atoms with Gasteiger partial charge in [0, 0.05) is 25.7 Å². The first-order valence-electron chi connectivity index (χ1n) is 6.71. The summed E-state index contributed by atoms with van der Waals surface area (Å²) in [7, 11) is 0.